The van der Waals surface area contributed by atoms with E-state index in [0.717, 1.165) is 66.0 Å². The maximum Gasteiger partial charge on any atom is 0.254 e. The van der Waals surface area contributed by atoms with E-state index < -0.39 is 0 Å². The molecule has 5 rings (SSSR count). The Labute approximate surface area is 257 Å². The number of nitrogens with zero attached hydrogens (tertiary/aromatic N) is 2. The number of carbonyl (C=O) groups excluding carboxylic acids is 1. The number of piperidine rings is 1. The lowest BCUT2D eigenvalue weighted by atomic mass is 9.98. The summed E-state index contributed by atoms with van der Waals surface area (Å²) in [6, 6.07) is 34.6. The van der Waals surface area contributed by atoms with Crippen molar-refractivity contribution < 1.29 is 9.53 Å². The van der Waals surface area contributed by atoms with Crippen LogP contribution in [0.4, 0.5) is 0 Å². The predicted octanol–water partition coefficient (Wildman–Crippen LogP) is 7.91. The summed E-state index contributed by atoms with van der Waals surface area (Å²) in [6.45, 7) is 8.34. The van der Waals surface area contributed by atoms with Gasteiger partial charge in [0.1, 0.15) is 5.75 Å². The predicted molar refractivity (Wildman–Crippen MR) is 176 cm³/mol. The van der Waals surface area contributed by atoms with E-state index in [4.69, 9.17) is 4.74 Å². The van der Waals surface area contributed by atoms with Gasteiger partial charge in [-0.1, -0.05) is 86.4 Å². The number of benzene rings is 4. The lowest BCUT2D eigenvalue weighted by Crippen LogP contribution is -2.47. The Balaban J connectivity index is 1.35. The van der Waals surface area contributed by atoms with Crippen LogP contribution in [0.25, 0.3) is 11.1 Å². The third kappa shape index (κ3) is 8.37. The van der Waals surface area contributed by atoms with Crippen molar-refractivity contribution in [2.24, 2.45) is 5.92 Å². The zero-order valence-corrected chi connectivity index (χ0v) is 25.6. The highest BCUT2D eigenvalue weighted by atomic mass is 16.5. The quantitative estimate of drug-likeness (QED) is 0.192. The molecule has 0 radical (unpaired) electrons. The molecule has 1 amide bonds. The second-order valence-corrected chi connectivity index (χ2v) is 11.8. The lowest BCUT2D eigenvalue weighted by Gasteiger charge is -2.39. The Kier molecular flexibility index (Phi) is 10.3. The summed E-state index contributed by atoms with van der Waals surface area (Å²) in [4.78, 5) is 18.8. The smallest absolute Gasteiger partial charge is 0.254 e. The summed E-state index contributed by atoms with van der Waals surface area (Å²) in [5.74, 6) is 8.09. The van der Waals surface area contributed by atoms with Gasteiger partial charge in [-0.05, 0) is 90.9 Å². The van der Waals surface area contributed by atoms with E-state index in [1.54, 1.807) is 7.11 Å². The number of ether oxygens (including phenoxy) is 1. The van der Waals surface area contributed by atoms with Crippen LogP contribution in [0.3, 0.4) is 0 Å². The zero-order valence-electron chi connectivity index (χ0n) is 25.6. The fraction of sp³-hybridized carbons (Fsp3) is 0.308. The van der Waals surface area contributed by atoms with Gasteiger partial charge in [0, 0.05) is 42.4 Å². The van der Waals surface area contributed by atoms with E-state index in [0.29, 0.717) is 18.0 Å². The van der Waals surface area contributed by atoms with E-state index in [1.165, 1.54) is 6.42 Å². The van der Waals surface area contributed by atoms with Crippen LogP contribution in [0.2, 0.25) is 0 Å². The number of hydrogen-bond acceptors (Lipinski definition) is 3. The molecule has 0 saturated carbocycles. The Morgan fingerprint density at radius 2 is 1.47 bits per heavy atom. The summed E-state index contributed by atoms with van der Waals surface area (Å²) in [5.41, 5.74) is 5.92. The maximum absolute atomic E-state index is 14.2. The minimum Gasteiger partial charge on any atom is -0.497 e. The molecule has 4 aromatic rings. The summed E-state index contributed by atoms with van der Waals surface area (Å²) < 4.78 is 5.31. The van der Waals surface area contributed by atoms with Crippen LogP contribution in [0.1, 0.15) is 60.2 Å². The average molecular weight is 571 g/mol. The first kappa shape index (κ1) is 30.1. The Bertz CT molecular complexity index is 1520. The van der Waals surface area contributed by atoms with Gasteiger partial charge in [0.2, 0.25) is 0 Å². The molecule has 0 aromatic heterocycles. The fourth-order valence-electron chi connectivity index (χ4n) is 5.61. The van der Waals surface area contributed by atoms with Crippen LogP contribution in [-0.4, -0.2) is 48.5 Å². The highest BCUT2D eigenvalue weighted by Crippen LogP contribution is 2.26. The molecular weight excluding hydrogens is 528 g/mol. The van der Waals surface area contributed by atoms with Gasteiger partial charge in [0.15, 0.2) is 0 Å². The Hall–Kier alpha value is -4.33. The van der Waals surface area contributed by atoms with Crippen molar-refractivity contribution in [2.75, 3.05) is 26.7 Å². The summed E-state index contributed by atoms with van der Waals surface area (Å²) >= 11 is 0. The van der Waals surface area contributed by atoms with Crippen molar-refractivity contribution >= 4 is 5.91 Å². The Morgan fingerprint density at radius 3 is 2.12 bits per heavy atom. The topological polar surface area (TPSA) is 32.8 Å². The Morgan fingerprint density at radius 1 is 0.837 bits per heavy atom. The monoisotopic (exact) mass is 570 g/mol. The van der Waals surface area contributed by atoms with Crippen molar-refractivity contribution in [2.45, 2.75) is 45.7 Å². The highest BCUT2D eigenvalue weighted by molar-refractivity contribution is 5.94. The van der Waals surface area contributed by atoms with Gasteiger partial charge in [-0.3, -0.25) is 4.79 Å². The van der Waals surface area contributed by atoms with Gasteiger partial charge in [0.05, 0.1) is 7.11 Å². The molecule has 1 heterocycles. The first-order valence-electron chi connectivity index (χ1n) is 15.4. The molecule has 0 spiro atoms. The number of hydrogen-bond donors (Lipinski definition) is 0. The first-order chi connectivity index (χ1) is 21.0. The number of amides is 1. The molecule has 0 atom stereocenters. The first-order valence-corrected chi connectivity index (χ1v) is 15.4. The summed E-state index contributed by atoms with van der Waals surface area (Å²) in [7, 11) is 1.68. The maximum atomic E-state index is 14.2. The van der Waals surface area contributed by atoms with Gasteiger partial charge >= 0.3 is 0 Å². The molecule has 0 unspecified atom stereocenters. The van der Waals surface area contributed by atoms with Crippen LogP contribution in [0.15, 0.2) is 103 Å². The van der Waals surface area contributed by atoms with Crippen molar-refractivity contribution in [3.05, 3.63) is 125 Å². The number of carbonyl (C=O) groups is 1. The van der Waals surface area contributed by atoms with Crippen molar-refractivity contribution in [3.63, 3.8) is 0 Å². The van der Waals surface area contributed by atoms with Crippen LogP contribution in [0.5, 0.6) is 5.75 Å². The van der Waals surface area contributed by atoms with Gasteiger partial charge in [-0.25, -0.2) is 0 Å². The molecule has 0 aliphatic carbocycles. The molecule has 220 valence electrons. The van der Waals surface area contributed by atoms with Crippen LogP contribution in [0, 0.1) is 17.8 Å². The highest BCUT2D eigenvalue weighted by Gasteiger charge is 2.29. The third-order valence-electron chi connectivity index (χ3n) is 8.25. The summed E-state index contributed by atoms with van der Waals surface area (Å²) in [6.07, 6.45) is 3.19. The van der Waals surface area contributed by atoms with Crippen LogP contribution >= 0.6 is 0 Å². The van der Waals surface area contributed by atoms with E-state index in [-0.39, 0.29) is 11.9 Å². The molecule has 4 aromatic carbocycles. The van der Waals surface area contributed by atoms with Crippen LogP contribution < -0.4 is 4.74 Å². The van der Waals surface area contributed by atoms with Gasteiger partial charge in [-0.2, -0.15) is 0 Å². The van der Waals surface area contributed by atoms with Crippen LogP contribution in [-0.2, 0) is 6.54 Å². The molecule has 1 aliphatic heterocycles. The van der Waals surface area contributed by atoms with E-state index >= 15 is 0 Å². The minimum atomic E-state index is 0.0724. The summed E-state index contributed by atoms with van der Waals surface area (Å²) in [5, 5.41) is 0. The molecule has 0 bridgehead atoms. The molecule has 43 heavy (non-hydrogen) atoms. The zero-order chi connectivity index (χ0) is 30.0. The second kappa shape index (κ2) is 14.7. The second-order valence-electron chi connectivity index (χ2n) is 11.8. The van der Waals surface area contributed by atoms with Gasteiger partial charge < -0.3 is 14.5 Å². The number of methoxy groups -OCH3 is 1. The van der Waals surface area contributed by atoms with E-state index in [1.807, 2.05) is 66.7 Å². The molecule has 1 aliphatic rings. The van der Waals surface area contributed by atoms with Gasteiger partial charge in [-0.15, -0.1) is 0 Å². The molecule has 4 nitrogen and oxygen atoms in total. The molecule has 4 heteroatoms. The minimum absolute atomic E-state index is 0.0724. The van der Waals surface area contributed by atoms with E-state index in [2.05, 4.69) is 71.9 Å². The van der Waals surface area contributed by atoms with Crippen molar-refractivity contribution in [3.8, 4) is 28.7 Å². The number of likely N-dealkylation sites (tertiary alicyclic amines) is 1. The fourth-order valence-corrected chi connectivity index (χ4v) is 5.61. The lowest BCUT2D eigenvalue weighted by molar-refractivity contribution is 0.0546. The average Bonchev–Trinajstić information content (AvgIpc) is 3.06. The van der Waals surface area contributed by atoms with Gasteiger partial charge in [0.25, 0.3) is 5.91 Å². The number of rotatable bonds is 9. The largest absolute Gasteiger partial charge is 0.497 e. The molecular formula is C39H42N2O2. The van der Waals surface area contributed by atoms with Crippen molar-refractivity contribution in [1.82, 2.24) is 9.80 Å². The SMILES string of the molecule is COc1ccc(-c2ccc(CN(C(=O)c3cccc(C#Cc4ccccc4)c3)C3CCN(CCC(C)C)CC3)cc2)cc1. The normalized spacial score (nSPS) is 13.8. The molecule has 0 N–H and O–H groups in total. The van der Waals surface area contributed by atoms with Crippen molar-refractivity contribution in [1.29, 1.82) is 0 Å². The van der Waals surface area contributed by atoms with E-state index in [9.17, 15) is 4.79 Å². The standard InChI is InChI=1S/C39H42N2O2/c1-30(2)22-25-40-26-23-37(24-27-40)41(29-33-14-16-34(17-15-33)35-18-20-38(43-3)21-19-35)39(42)36-11-7-10-32(28-36)13-12-31-8-5-4-6-9-31/h4-11,14-21,28,30,37H,22-27,29H2,1-3H3. The third-order valence-corrected chi connectivity index (χ3v) is 8.25. The molecule has 1 fully saturated rings. The molecule has 1 saturated heterocycles.